The van der Waals surface area contributed by atoms with Gasteiger partial charge in [-0.2, -0.15) is 0 Å². The van der Waals surface area contributed by atoms with Gasteiger partial charge in [0.1, 0.15) is 5.75 Å². The molecule has 4 aromatic carbocycles. The predicted molar refractivity (Wildman–Crippen MR) is 122 cm³/mol. The Balaban J connectivity index is 1.92. The molecule has 4 rings (SSSR count). The first-order valence-corrected chi connectivity index (χ1v) is 9.89. The fraction of sp³-hybridized carbons (Fsp3) is 0.111. The molecule has 0 bridgehead atoms. The zero-order valence-electron chi connectivity index (χ0n) is 17.7. The van der Waals surface area contributed by atoms with Crippen molar-refractivity contribution in [3.05, 3.63) is 91.0 Å². The second-order valence-electron chi connectivity index (χ2n) is 6.78. The molecule has 0 saturated heterocycles. The highest BCUT2D eigenvalue weighted by atomic mass is 16.5. The van der Waals surface area contributed by atoms with E-state index in [9.17, 15) is 0 Å². The van der Waals surface area contributed by atoms with E-state index in [1.807, 2.05) is 72.8 Å². The highest BCUT2D eigenvalue weighted by molar-refractivity contribution is 5.82. The number of rotatable bonds is 7. The smallest absolute Gasteiger partial charge is 0.208 e. The zero-order valence-corrected chi connectivity index (χ0v) is 17.7. The molecule has 4 nitrogen and oxygen atoms in total. The van der Waals surface area contributed by atoms with E-state index in [0.29, 0.717) is 28.7 Å². The summed E-state index contributed by atoms with van der Waals surface area (Å²) in [5, 5.41) is 0. The van der Waals surface area contributed by atoms with Gasteiger partial charge in [0.15, 0.2) is 11.5 Å². The van der Waals surface area contributed by atoms with Crippen LogP contribution in [-0.4, -0.2) is 21.3 Å². The minimum Gasteiger partial charge on any atom is -0.493 e. The third-order valence-corrected chi connectivity index (χ3v) is 4.92. The summed E-state index contributed by atoms with van der Waals surface area (Å²) in [7, 11) is 4.76. The summed E-state index contributed by atoms with van der Waals surface area (Å²) in [5.74, 6) is 2.70. The number of para-hydroxylation sites is 1. The van der Waals surface area contributed by atoms with Gasteiger partial charge in [0, 0.05) is 5.56 Å². The highest BCUT2D eigenvalue weighted by Crippen LogP contribution is 2.51. The molecule has 0 amide bonds. The minimum absolute atomic E-state index is 0.458. The van der Waals surface area contributed by atoms with Crippen molar-refractivity contribution in [2.45, 2.75) is 0 Å². The van der Waals surface area contributed by atoms with E-state index in [2.05, 4.69) is 18.2 Å². The quantitative estimate of drug-likeness (QED) is 0.342. The van der Waals surface area contributed by atoms with Gasteiger partial charge in [-0.25, -0.2) is 0 Å². The highest BCUT2D eigenvalue weighted by Gasteiger charge is 2.24. The Morgan fingerprint density at radius 1 is 0.581 bits per heavy atom. The van der Waals surface area contributed by atoms with Crippen LogP contribution in [0.1, 0.15) is 0 Å². The number of hydrogen-bond donors (Lipinski definition) is 0. The first kappa shape index (κ1) is 20.4. The molecule has 0 spiro atoms. The van der Waals surface area contributed by atoms with Crippen molar-refractivity contribution in [3.8, 4) is 51.0 Å². The van der Waals surface area contributed by atoms with Gasteiger partial charge in [-0.3, -0.25) is 0 Å². The lowest BCUT2D eigenvalue weighted by Gasteiger charge is -2.20. The molecule has 0 atom stereocenters. The van der Waals surface area contributed by atoms with Gasteiger partial charge in [-0.15, -0.1) is 0 Å². The van der Waals surface area contributed by atoms with Crippen molar-refractivity contribution in [2.24, 2.45) is 0 Å². The number of methoxy groups -OCH3 is 3. The van der Waals surface area contributed by atoms with Gasteiger partial charge in [-0.05, 0) is 41.0 Å². The summed E-state index contributed by atoms with van der Waals surface area (Å²) in [4.78, 5) is 0. The summed E-state index contributed by atoms with van der Waals surface area (Å²) in [5.41, 5.74) is 3.71. The monoisotopic (exact) mass is 411 g/mol. The lowest BCUT2D eigenvalue weighted by atomic mass is 9.97. The zero-order chi connectivity index (χ0) is 21.6. The van der Waals surface area contributed by atoms with Crippen LogP contribution in [0.25, 0.3) is 22.3 Å². The third-order valence-electron chi connectivity index (χ3n) is 4.92. The van der Waals surface area contributed by atoms with Crippen molar-refractivity contribution in [3.63, 3.8) is 0 Å². The molecule has 155 valence electrons. The molecule has 0 fully saturated rings. The largest absolute Gasteiger partial charge is 0.493 e. The summed E-state index contributed by atoms with van der Waals surface area (Å²) in [6, 6.07) is 31.1. The first-order valence-electron chi connectivity index (χ1n) is 9.89. The summed E-state index contributed by atoms with van der Waals surface area (Å²) in [6.45, 7) is 0. The molecule has 0 aliphatic rings. The Kier molecular flexibility index (Phi) is 6.08. The molecule has 0 heterocycles. The van der Waals surface area contributed by atoms with Crippen LogP contribution in [0.4, 0.5) is 0 Å². The lowest BCUT2D eigenvalue weighted by Crippen LogP contribution is -2.00. The maximum atomic E-state index is 6.29. The minimum atomic E-state index is 0.458. The van der Waals surface area contributed by atoms with E-state index in [4.69, 9.17) is 18.9 Å². The molecular formula is C27H23O4. The van der Waals surface area contributed by atoms with E-state index in [-0.39, 0.29) is 0 Å². The van der Waals surface area contributed by atoms with Gasteiger partial charge >= 0.3 is 0 Å². The van der Waals surface area contributed by atoms with E-state index < -0.39 is 0 Å². The van der Waals surface area contributed by atoms with Crippen LogP contribution >= 0.6 is 0 Å². The Hall–Kier alpha value is -3.92. The van der Waals surface area contributed by atoms with E-state index in [0.717, 1.165) is 22.3 Å². The van der Waals surface area contributed by atoms with Crippen LogP contribution in [0.2, 0.25) is 0 Å². The van der Waals surface area contributed by atoms with E-state index >= 15 is 0 Å². The lowest BCUT2D eigenvalue weighted by molar-refractivity contribution is 0.313. The molecule has 0 saturated carbocycles. The first-order chi connectivity index (χ1) is 15.2. The molecule has 31 heavy (non-hydrogen) atoms. The fourth-order valence-corrected chi connectivity index (χ4v) is 3.45. The van der Waals surface area contributed by atoms with Gasteiger partial charge in [0.25, 0.3) is 0 Å². The Morgan fingerprint density at radius 3 is 1.87 bits per heavy atom. The SMILES string of the molecule is COc1cc(-c2[c]c(-c3ccccc3)ccc2)c(Oc2ccccc2)c(OC)c1OC. The maximum Gasteiger partial charge on any atom is 0.208 e. The van der Waals surface area contributed by atoms with Crippen LogP contribution in [0.3, 0.4) is 0 Å². The summed E-state index contributed by atoms with van der Waals surface area (Å²) >= 11 is 0. The number of benzene rings is 4. The van der Waals surface area contributed by atoms with Gasteiger partial charge in [0.2, 0.25) is 11.5 Å². The van der Waals surface area contributed by atoms with Crippen molar-refractivity contribution in [1.29, 1.82) is 0 Å². The third kappa shape index (κ3) is 4.19. The van der Waals surface area contributed by atoms with Crippen molar-refractivity contribution in [2.75, 3.05) is 21.3 Å². The summed E-state index contributed by atoms with van der Waals surface area (Å²) < 4.78 is 23.2. The van der Waals surface area contributed by atoms with E-state index in [1.165, 1.54) is 0 Å². The molecular weight excluding hydrogens is 388 g/mol. The van der Waals surface area contributed by atoms with Gasteiger partial charge < -0.3 is 18.9 Å². The van der Waals surface area contributed by atoms with Crippen molar-refractivity contribution < 1.29 is 18.9 Å². The van der Waals surface area contributed by atoms with Crippen LogP contribution in [-0.2, 0) is 0 Å². The molecule has 0 unspecified atom stereocenters. The maximum absolute atomic E-state index is 6.29. The average molecular weight is 411 g/mol. The molecule has 0 aliphatic heterocycles. The Morgan fingerprint density at radius 2 is 1.23 bits per heavy atom. The average Bonchev–Trinajstić information content (AvgIpc) is 2.84. The topological polar surface area (TPSA) is 36.9 Å². The van der Waals surface area contributed by atoms with Crippen LogP contribution in [0.5, 0.6) is 28.7 Å². The second kappa shape index (κ2) is 9.26. The number of hydrogen-bond acceptors (Lipinski definition) is 4. The van der Waals surface area contributed by atoms with Gasteiger partial charge in [0.05, 0.1) is 21.3 Å². The van der Waals surface area contributed by atoms with Crippen molar-refractivity contribution in [1.82, 2.24) is 0 Å². The van der Waals surface area contributed by atoms with Crippen LogP contribution in [0, 0.1) is 6.07 Å². The Labute approximate surface area is 182 Å². The molecule has 1 radical (unpaired) electrons. The van der Waals surface area contributed by atoms with Crippen molar-refractivity contribution >= 4 is 0 Å². The molecule has 4 heteroatoms. The molecule has 0 aliphatic carbocycles. The molecule has 0 aromatic heterocycles. The Bertz CT molecular complexity index is 1150. The van der Waals surface area contributed by atoms with Crippen LogP contribution in [0.15, 0.2) is 84.9 Å². The second-order valence-corrected chi connectivity index (χ2v) is 6.78. The summed E-state index contributed by atoms with van der Waals surface area (Å²) in [6.07, 6.45) is 0. The fourth-order valence-electron chi connectivity index (χ4n) is 3.45. The normalized spacial score (nSPS) is 10.4. The predicted octanol–water partition coefficient (Wildman–Crippen LogP) is 6.64. The van der Waals surface area contributed by atoms with Crippen LogP contribution < -0.4 is 18.9 Å². The standard InChI is InChI=1S/C27H23O4/c1-28-24-18-23(21-14-10-13-20(17-21)19-11-6-4-7-12-19)25(27(30-3)26(24)29-2)31-22-15-8-5-9-16-22/h4-16,18H,1-3H3. The van der Waals surface area contributed by atoms with Gasteiger partial charge in [-0.1, -0.05) is 66.7 Å². The van der Waals surface area contributed by atoms with E-state index in [1.54, 1.807) is 21.3 Å². The molecule has 4 aromatic rings. The molecule has 0 N–H and O–H groups in total. The number of ether oxygens (including phenoxy) is 4.